The number of nitrogens with one attached hydrogen (secondary N) is 2. The van der Waals surface area contributed by atoms with Crippen LogP contribution < -0.4 is 10.9 Å². The Hall–Kier alpha value is -4.72. The fourth-order valence-corrected chi connectivity index (χ4v) is 3.96. The minimum absolute atomic E-state index is 0.118. The monoisotopic (exact) mass is 496 g/mol. The Kier molecular flexibility index (Phi) is 8.44. The van der Waals surface area contributed by atoms with E-state index in [2.05, 4.69) is 21.1 Å². The van der Waals surface area contributed by atoms with E-state index in [0.29, 0.717) is 30.4 Å². The van der Waals surface area contributed by atoms with Gasteiger partial charge < -0.3 is 10.2 Å². The predicted octanol–water partition coefficient (Wildman–Crippen LogP) is 4.96. The molecule has 4 N–H and O–H groups in total. The molecule has 0 saturated carbocycles. The van der Waals surface area contributed by atoms with Crippen molar-refractivity contribution in [1.82, 2.24) is 10.9 Å². The highest BCUT2D eigenvalue weighted by Crippen LogP contribution is 2.28. The number of rotatable bonds is 10. The number of hydrogen-bond donors (Lipinski definition) is 4. The molecule has 0 heterocycles. The zero-order chi connectivity index (χ0) is 26.0. The number of carbonyl (C=O) groups excluding carboxylic acids is 2. The highest BCUT2D eigenvalue weighted by atomic mass is 16.3. The average molecular weight is 497 g/mol. The van der Waals surface area contributed by atoms with Crippen molar-refractivity contribution in [3.8, 4) is 11.5 Å². The summed E-state index contributed by atoms with van der Waals surface area (Å²) in [7, 11) is 0. The Morgan fingerprint density at radius 1 is 0.622 bits per heavy atom. The number of nitrogens with zero attached hydrogens (tertiary/aromatic N) is 2. The molecule has 0 spiro atoms. The van der Waals surface area contributed by atoms with Crippen LogP contribution in [0.2, 0.25) is 0 Å². The number of hydrogen-bond acceptors (Lipinski definition) is 6. The molecule has 8 nitrogen and oxygen atoms in total. The maximum absolute atomic E-state index is 12.0. The van der Waals surface area contributed by atoms with Crippen molar-refractivity contribution >= 4 is 45.8 Å². The highest BCUT2D eigenvalue weighted by Gasteiger charge is 2.06. The maximum Gasteiger partial charge on any atom is 0.240 e. The summed E-state index contributed by atoms with van der Waals surface area (Å²) in [5.41, 5.74) is 5.97. The lowest BCUT2D eigenvalue weighted by atomic mass is 10.1. The molecule has 4 aromatic carbocycles. The van der Waals surface area contributed by atoms with Gasteiger partial charge in [-0.25, -0.2) is 10.9 Å². The van der Waals surface area contributed by atoms with Gasteiger partial charge in [-0.2, -0.15) is 10.2 Å². The first kappa shape index (κ1) is 25.4. The highest BCUT2D eigenvalue weighted by molar-refractivity contribution is 5.98. The zero-order valence-electron chi connectivity index (χ0n) is 20.2. The second-order valence-corrected chi connectivity index (χ2v) is 8.60. The Balaban J connectivity index is 1.13. The molecule has 4 rings (SSSR count). The first-order valence-corrected chi connectivity index (χ1v) is 12.1. The van der Waals surface area contributed by atoms with Crippen molar-refractivity contribution in [3.05, 3.63) is 83.9 Å². The first-order valence-electron chi connectivity index (χ1n) is 12.1. The van der Waals surface area contributed by atoms with Gasteiger partial charge in [-0.15, -0.1) is 0 Å². The van der Waals surface area contributed by atoms with Crippen LogP contribution in [0.1, 0.15) is 43.2 Å². The van der Waals surface area contributed by atoms with Gasteiger partial charge in [0.15, 0.2) is 0 Å². The van der Waals surface area contributed by atoms with Crippen LogP contribution in [0.4, 0.5) is 0 Å². The van der Waals surface area contributed by atoms with Crippen LogP contribution >= 0.6 is 0 Å². The van der Waals surface area contributed by atoms with E-state index in [1.807, 2.05) is 60.7 Å². The number of hydrazone groups is 2. The third-order valence-electron chi connectivity index (χ3n) is 5.96. The Labute approximate surface area is 214 Å². The lowest BCUT2D eigenvalue weighted by Crippen LogP contribution is -2.18. The molecular formula is C29H28N4O4. The van der Waals surface area contributed by atoms with Crippen molar-refractivity contribution < 1.29 is 19.8 Å². The molecule has 0 bridgehead atoms. The van der Waals surface area contributed by atoms with E-state index in [4.69, 9.17) is 0 Å². The third-order valence-corrected chi connectivity index (χ3v) is 5.96. The number of phenols is 2. The summed E-state index contributed by atoms with van der Waals surface area (Å²) in [4.78, 5) is 24.0. The number of benzene rings is 4. The van der Waals surface area contributed by atoms with Crippen LogP contribution in [0.3, 0.4) is 0 Å². The Morgan fingerprint density at radius 2 is 1.05 bits per heavy atom. The molecule has 8 heteroatoms. The summed E-state index contributed by atoms with van der Waals surface area (Å²) in [6.07, 6.45) is 5.33. The molecule has 0 atom stereocenters. The normalized spacial score (nSPS) is 11.5. The van der Waals surface area contributed by atoms with Crippen LogP contribution in [0, 0.1) is 0 Å². The van der Waals surface area contributed by atoms with Crippen molar-refractivity contribution in [2.75, 3.05) is 0 Å². The van der Waals surface area contributed by atoms with Gasteiger partial charge in [0.1, 0.15) is 11.5 Å². The lowest BCUT2D eigenvalue weighted by Gasteiger charge is -2.05. The van der Waals surface area contributed by atoms with Gasteiger partial charge in [-0.05, 0) is 35.7 Å². The zero-order valence-corrected chi connectivity index (χ0v) is 20.2. The maximum atomic E-state index is 12.0. The molecule has 0 saturated heterocycles. The fraction of sp³-hybridized carbons (Fsp3) is 0.172. The Morgan fingerprint density at radius 3 is 1.51 bits per heavy atom. The van der Waals surface area contributed by atoms with E-state index in [9.17, 15) is 19.8 Å². The summed E-state index contributed by atoms with van der Waals surface area (Å²) in [6.45, 7) is 0. The topological polar surface area (TPSA) is 123 Å². The number of fused-ring (bicyclic) bond motifs is 2. The third kappa shape index (κ3) is 6.70. The lowest BCUT2D eigenvalue weighted by molar-refractivity contribution is -0.121. The Bertz CT molecular complexity index is 1370. The molecule has 2 amide bonds. The number of unbranched alkanes of at least 4 members (excludes halogenated alkanes) is 2. The van der Waals surface area contributed by atoms with E-state index in [1.165, 1.54) is 12.4 Å². The van der Waals surface area contributed by atoms with E-state index in [-0.39, 0.29) is 36.2 Å². The van der Waals surface area contributed by atoms with Gasteiger partial charge in [0.05, 0.1) is 12.4 Å². The smallest absolute Gasteiger partial charge is 0.240 e. The van der Waals surface area contributed by atoms with Crippen LogP contribution in [-0.4, -0.2) is 34.5 Å². The molecule has 37 heavy (non-hydrogen) atoms. The SMILES string of the molecule is O=C(CCCCCC(=O)N/N=C/c1ccc2ccccc2c1O)N/N=C/c1ccc2ccccc2c1O. The molecule has 0 aliphatic heterocycles. The van der Waals surface area contributed by atoms with E-state index >= 15 is 0 Å². The van der Waals surface area contributed by atoms with Gasteiger partial charge in [-0.3, -0.25) is 9.59 Å². The molecule has 0 unspecified atom stereocenters. The molecule has 0 aliphatic rings. The standard InChI is InChI=1S/C29H28N4O4/c34-26(32-30-18-22-16-14-20-8-4-6-10-24(20)28(22)36)12-2-1-3-13-27(35)33-31-19-23-17-15-21-9-5-7-11-25(21)29(23)37/h4-11,14-19,36-37H,1-3,12-13H2,(H,32,34)(H,33,35)/b30-18+,31-19+. The molecule has 0 radical (unpaired) electrons. The first-order chi connectivity index (χ1) is 18.0. The van der Waals surface area contributed by atoms with Gasteiger partial charge in [0.2, 0.25) is 11.8 Å². The molecular weight excluding hydrogens is 468 g/mol. The van der Waals surface area contributed by atoms with Gasteiger partial charge in [-0.1, -0.05) is 67.1 Å². The molecule has 0 aliphatic carbocycles. The van der Waals surface area contributed by atoms with Crippen LogP contribution in [0.25, 0.3) is 21.5 Å². The number of phenolic OH excluding ortho intramolecular Hbond substituents is 2. The van der Waals surface area contributed by atoms with Crippen LogP contribution in [-0.2, 0) is 9.59 Å². The number of amides is 2. The van der Waals surface area contributed by atoms with Crippen molar-refractivity contribution in [1.29, 1.82) is 0 Å². The minimum Gasteiger partial charge on any atom is -0.507 e. The van der Waals surface area contributed by atoms with Crippen molar-refractivity contribution in [2.24, 2.45) is 10.2 Å². The van der Waals surface area contributed by atoms with Crippen LogP contribution in [0.5, 0.6) is 11.5 Å². The van der Waals surface area contributed by atoms with Gasteiger partial charge in [0.25, 0.3) is 0 Å². The fourth-order valence-electron chi connectivity index (χ4n) is 3.96. The molecule has 188 valence electrons. The molecule has 4 aromatic rings. The van der Waals surface area contributed by atoms with E-state index in [1.54, 1.807) is 12.1 Å². The summed E-state index contributed by atoms with van der Waals surface area (Å²) >= 11 is 0. The summed E-state index contributed by atoms with van der Waals surface area (Å²) in [5.74, 6) is -0.234. The quantitative estimate of drug-likeness (QED) is 0.141. The van der Waals surface area contributed by atoms with E-state index in [0.717, 1.165) is 21.5 Å². The number of aromatic hydroxyl groups is 2. The second kappa shape index (κ2) is 12.3. The average Bonchev–Trinajstić information content (AvgIpc) is 2.91. The molecule has 0 fully saturated rings. The van der Waals surface area contributed by atoms with Gasteiger partial charge in [0, 0.05) is 34.7 Å². The minimum atomic E-state index is -0.235. The summed E-state index contributed by atoms with van der Waals surface area (Å²) in [5, 5.41) is 31.9. The van der Waals surface area contributed by atoms with Crippen molar-refractivity contribution in [3.63, 3.8) is 0 Å². The van der Waals surface area contributed by atoms with Crippen LogP contribution in [0.15, 0.2) is 83.0 Å². The summed E-state index contributed by atoms with van der Waals surface area (Å²) < 4.78 is 0. The summed E-state index contributed by atoms with van der Waals surface area (Å²) in [6, 6.07) is 22.2. The van der Waals surface area contributed by atoms with Gasteiger partial charge >= 0.3 is 0 Å². The predicted molar refractivity (Wildman–Crippen MR) is 146 cm³/mol. The van der Waals surface area contributed by atoms with Crippen molar-refractivity contribution in [2.45, 2.75) is 32.1 Å². The molecule has 0 aromatic heterocycles. The largest absolute Gasteiger partial charge is 0.507 e. The van der Waals surface area contributed by atoms with E-state index < -0.39 is 0 Å². The second-order valence-electron chi connectivity index (χ2n) is 8.60. The number of carbonyl (C=O) groups is 2.